The molecule has 4 nitrogen and oxygen atoms in total. The van der Waals surface area contributed by atoms with E-state index in [-0.39, 0.29) is 24.2 Å². The van der Waals surface area contributed by atoms with Crippen molar-refractivity contribution in [2.75, 3.05) is 0 Å². The van der Waals surface area contributed by atoms with Crippen LogP contribution in [-0.2, 0) is 12.7 Å². The summed E-state index contributed by atoms with van der Waals surface area (Å²) >= 11 is 0.956. The summed E-state index contributed by atoms with van der Waals surface area (Å²) in [6.45, 7) is 0.277. The van der Waals surface area contributed by atoms with Gasteiger partial charge in [0.2, 0.25) is 0 Å². The first-order valence-corrected chi connectivity index (χ1v) is 7.43. The second-order valence-corrected chi connectivity index (χ2v) is 5.71. The second kappa shape index (κ2) is 5.68. The molecule has 22 heavy (non-hydrogen) atoms. The zero-order chi connectivity index (χ0) is 15.7. The number of carbonyl (C=O) groups is 1. The largest absolute Gasteiger partial charge is 0.416 e. The molecule has 1 aromatic carbocycles. The fraction of sp³-hybridized carbons (Fsp3) is 0.357. The molecule has 2 aromatic rings. The highest BCUT2D eigenvalue weighted by atomic mass is 32.1. The van der Waals surface area contributed by atoms with Crippen molar-refractivity contribution in [1.29, 1.82) is 0 Å². The van der Waals surface area contributed by atoms with Crippen molar-refractivity contribution in [2.45, 2.75) is 31.6 Å². The van der Waals surface area contributed by atoms with Gasteiger partial charge in [-0.1, -0.05) is 12.1 Å². The van der Waals surface area contributed by atoms with Gasteiger partial charge in [-0.15, -0.1) is 0 Å². The number of rotatable bonds is 4. The predicted octanol–water partition coefficient (Wildman–Crippen LogP) is 3.36. The van der Waals surface area contributed by atoms with E-state index in [0.717, 1.165) is 36.7 Å². The molecule has 0 radical (unpaired) electrons. The van der Waals surface area contributed by atoms with Gasteiger partial charge >= 0.3 is 6.18 Å². The third-order valence-corrected chi connectivity index (χ3v) is 3.94. The molecule has 116 valence electrons. The second-order valence-electron chi connectivity index (χ2n) is 5.15. The van der Waals surface area contributed by atoms with Crippen LogP contribution in [0.3, 0.4) is 0 Å². The number of benzene rings is 1. The van der Waals surface area contributed by atoms with Gasteiger partial charge in [0, 0.05) is 12.6 Å². The number of halogens is 3. The van der Waals surface area contributed by atoms with Crippen LogP contribution in [0.2, 0.25) is 0 Å². The number of hydrogen-bond acceptors (Lipinski definition) is 4. The number of carbonyl (C=O) groups excluding carboxylic acids is 1. The Morgan fingerprint density at radius 2 is 1.95 bits per heavy atom. The first-order valence-electron chi connectivity index (χ1n) is 6.70. The van der Waals surface area contributed by atoms with E-state index in [4.69, 9.17) is 0 Å². The molecular weight excluding hydrogens is 315 g/mol. The highest BCUT2D eigenvalue weighted by Crippen LogP contribution is 2.31. The molecule has 1 aliphatic carbocycles. The van der Waals surface area contributed by atoms with Crippen molar-refractivity contribution in [2.24, 2.45) is 0 Å². The monoisotopic (exact) mass is 327 g/mol. The first-order chi connectivity index (χ1) is 10.4. The molecule has 1 amide bonds. The molecule has 8 heteroatoms. The van der Waals surface area contributed by atoms with Crippen molar-refractivity contribution in [3.63, 3.8) is 0 Å². The number of aromatic nitrogens is 2. The maximum Gasteiger partial charge on any atom is 0.416 e. The van der Waals surface area contributed by atoms with Crippen LogP contribution in [0.5, 0.6) is 0 Å². The summed E-state index contributed by atoms with van der Waals surface area (Å²) in [5, 5.41) is 0. The van der Waals surface area contributed by atoms with E-state index in [2.05, 4.69) is 8.75 Å². The molecule has 1 aliphatic rings. The molecule has 1 saturated carbocycles. The fourth-order valence-electron chi connectivity index (χ4n) is 2.15. The van der Waals surface area contributed by atoms with Crippen LogP contribution in [0.1, 0.15) is 34.5 Å². The summed E-state index contributed by atoms with van der Waals surface area (Å²) in [5.41, 5.74) is 0.254. The molecule has 0 saturated heterocycles. The minimum atomic E-state index is -4.35. The smallest absolute Gasteiger partial charge is 0.330 e. The molecule has 0 N–H and O–H groups in total. The summed E-state index contributed by atoms with van der Waals surface area (Å²) in [5.74, 6) is -0.226. The molecule has 1 fully saturated rings. The van der Waals surface area contributed by atoms with Crippen LogP contribution in [0.4, 0.5) is 13.2 Å². The number of hydrogen-bond donors (Lipinski definition) is 0. The van der Waals surface area contributed by atoms with E-state index in [0.29, 0.717) is 5.56 Å². The standard InChI is InChI=1S/C14H12F3N3OS/c15-14(16,17)10-3-1-9(2-4-10)8-20(11-5-6-11)13(21)12-7-18-22-19-12/h1-4,7,11H,5-6,8H2. The Morgan fingerprint density at radius 3 is 2.45 bits per heavy atom. The SMILES string of the molecule is O=C(c1cnsn1)N(Cc1ccc(C(F)(F)F)cc1)C1CC1. The van der Waals surface area contributed by atoms with Crippen molar-refractivity contribution in [3.05, 3.63) is 47.3 Å². The molecule has 0 unspecified atom stereocenters. The summed E-state index contributed by atoms with van der Waals surface area (Å²) in [6.07, 6.45) is -1.13. The molecular formula is C14H12F3N3OS. The van der Waals surface area contributed by atoms with E-state index < -0.39 is 11.7 Å². The lowest BCUT2D eigenvalue weighted by Gasteiger charge is -2.21. The number of amides is 1. The van der Waals surface area contributed by atoms with Crippen LogP contribution >= 0.6 is 11.7 Å². The Labute approximate surface area is 128 Å². The van der Waals surface area contributed by atoms with Gasteiger partial charge in [0.05, 0.1) is 23.5 Å². The van der Waals surface area contributed by atoms with Crippen LogP contribution in [-0.4, -0.2) is 25.6 Å². The zero-order valence-corrected chi connectivity index (χ0v) is 12.2. The lowest BCUT2D eigenvalue weighted by molar-refractivity contribution is -0.137. The van der Waals surface area contributed by atoms with Gasteiger partial charge in [0.15, 0.2) is 5.69 Å². The Hall–Kier alpha value is -1.96. The highest BCUT2D eigenvalue weighted by molar-refractivity contribution is 6.99. The minimum Gasteiger partial charge on any atom is -0.330 e. The number of alkyl halides is 3. The normalized spacial score (nSPS) is 14.9. The number of nitrogens with zero attached hydrogens (tertiary/aromatic N) is 3. The summed E-state index contributed by atoms with van der Waals surface area (Å²) in [4.78, 5) is 14.0. The van der Waals surface area contributed by atoms with Gasteiger partial charge in [0.1, 0.15) is 0 Å². The molecule has 1 aromatic heterocycles. The Morgan fingerprint density at radius 1 is 1.27 bits per heavy atom. The summed E-state index contributed by atoms with van der Waals surface area (Å²) < 4.78 is 45.4. The van der Waals surface area contributed by atoms with Crippen molar-refractivity contribution in [1.82, 2.24) is 13.6 Å². The Balaban J connectivity index is 1.76. The third-order valence-electron chi connectivity index (χ3n) is 3.46. The molecule has 3 rings (SSSR count). The highest BCUT2D eigenvalue weighted by Gasteiger charge is 2.34. The van der Waals surface area contributed by atoms with Crippen molar-refractivity contribution in [3.8, 4) is 0 Å². The average Bonchev–Trinajstić information content (AvgIpc) is 3.17. The lowest BCUT2D eigenvalue weighted by atomic mass is 10.1. The third kappa shape index (κ3) is 3.27. The first kappa shape index (κ1) is 15.0. The van der Waals surface area contributed by atoms with E-state index in [1.165, 1.54) is 18.3 Å². The molecule has 0 bridgehead atoms. The van der Waals surface area contributed by atoms with Crippen LogP contribution < -0.4 is 0 Å². The van der Waals surface area contributed by atoms with Gasteiger partial charge in [-0.05, 0) is 30.5 Å². The minimum absolute atomic E-state index is 0.136. The van der Waals surface area contributed by atoms with E-state index in [1.807, 2.05) is 0 Å². The van der Waals surface area contributed by atoms with Gasteiger partial charge in [-0.2, -0.15) is 21.9 Å². The van der Waals surface area contributed by atoms with E-state index in [1.54, 1.807) is 4.90 Å². The maximum absolute atomic E-state index is 12.6. The van der Waals surface area contributed by atoms with E-state index in [9.17, 15) is 18.0 Å². The fourth-order valence-corrected chi connectivity index (χ4v) is 2.56. The summed E-state index contributed by atoms with van der Waals surface area (Å²) in [6, 6.07) is 5.02. The summed E-state index contributed by atoms with van der Waals surface area (Å²) in [7, 11) is 0. The van der Waals surface area contributed by atoms with Gasteiger partial charge < -0.3 is 4.90 Å². The van der Waals surface area contributed by atoms with Gasteiger partial charge in [-0.25, -0.2) is 0 Å². The van der Waals surface area contributed by atoms with Gasteiger partial charge in [0.25, 0.3) is 5.91 Å². The molecule has 0 atom stereocenters. The molecule has 0 spiro atoms. The average molecular weight is 327 g/mol. The van der Waals surface area contributed by atoms with Crippen LogP contribution in [0.15, 0.2) is 30.5 Å². The van der Waals surface area contributed by atoms with Crippen molar-refractivity contribution >= 4 is 17.6 Å². The molecule has 1 heterocycles. The Kier molecular flexibility index (Phi) is 3.86. The van der Waals surface area contributed by atoms with E-state index >= 15 is 0 Å². The van der Waals surface area contributed by atoms with Crippen LogP contribution in [0, 0.1) is 0 Å². The zero-order valence-electron chi connectivity index (χ0n) is 11.4. The lowest BCUT2D eigenvalue weighted by Crippen LogP contribution is -2.32. The Bertz CT molecular complexity index is 651. The van der Waals surface area contributed by atoms with Gasteiger partial charge in [-0.3, -0.25) is 4.79 Å². The molecule has 0 aliphatic heterocycles. The maximum atomic E-state index is 12.6. The quantitative estimate of drug-likeness (QED) is 0.865. The topological polar surface area (TPSA) is 46.1 Å². The van der Waals surface area contributed by atoms with Crippen molar-refractivity contribution < 1.29 is 18.0 Å². The predicted molar refractivity (Wildman–Crippen MR) is 74.2 cm³/mol. The van der Waals surface area contributed by atoms with Crippen LogP contribution in [0.25, 0.3) is 0 Å².